The lowest BCUT2D eigenvalue weighted by molar-refractivity contribution is -0.142. The molecule has 0 bridgehead atoms. The number of halogens is 1. The van der Waals surface area contributed by atoms with Crippen molar-refractivity contribution in [2.75, 3.05) is 31.9 Å². The van der Waals surface area contributed by atoms with Gasteiger partial charge in [-0.25, -0.2) is 14.4 Å². The molecule has 2 aliphatic rings. The Hall–Kier alpha value is -4.62. The zero-order valence-electron chi connectivity index (χ0n) is 24.4. The molecule has 45 heavy (non-hydrogen) atoms. The number of hydrogen-bond donors (Lipinski definition) is 2. The van der Waals surface area contributed by atoms with Crippen LogP contribution in [0.5, 0.6) is 11.6 Å². The van der Waals surface area contributed by atoms with Gasteiger partial charge in [-0.3, -0.25) is 19.0 Å². The molecule has 4 aromatic rings. The number of aliphatic hydroxyl groups is 1. The highest BCUT2D eigenvalue weighted by Gasteiger charge is 2.42. The lowest BCUT2D eigenvalue weighted by Crippen LogP contribution is -2.53. The van der Waals surface area contributed by atoms with Gasteiger partial charge in [0.2, 0.25) is 11.8 Å². The maximum Gasteiger partial charge on any atom is 0.280 e. The number of nitrogens with two attached hydrogens (primary N) is 1. The Labute approximate surface area is 262 Å². The number of carbonyl (C=O) groups is 2. The number of hydrogen-bond acceptors (Lipinski definition) is 9. The highest BCUT2D eigenvalue weighted by molar-refractivity contribution is 7.07. The maximum atomic E-state index is 13.9. The number of benzene rings is 2. The zero-order chi connectivity index (χ0) is 31.6. The average Bonchev–Trinajstić information content (AvgIpc) is 3.61. The maximum absolute atomic E-state index is 13.9. The molecule has 2 aromatic heterocycles. The summed E-state index contributed by atoms with van der Waals surface area (Å²) in [5.74, 6) is -0.904. The first-order valence-corrected chi connectivity index (χ1v) is 15.7. The number of rotatable bonds is 7. The first-order chi connectivity index (χ1) is 21.7. The van der Waals surface area contributed by atoms with Gasteiger partial charge in [0, 0.05) is 43.4 Å². The minimum Gasteiger partial charge on any atom is -0.437 e. The molecule has 13 heteroatoms. The van der Waals surface area contributed by atoms with Crippen molar-refractivity contribution in [3.8, 4) is 11.6 Å². The molecule has 234 valence electrons. The van der Waals surface area contributed by atoms with Crippen LogP contribution in [0.15, 0.2) is 76.6 Å². The van der Waals surface area contributed by atoms with Crippen LogP contribution in [0.1, 0.15) is 41.2 Å². The normalized spacial score (nSPS) is 19.7. The third-order valence-electron chi connectivity index (χ3n) is 8.63. The lowest BCUT2D eigenvalue weighted by Gasteiger charge is -2.43. The van der Waals surface area contributed by atoms with Gasteiger partial charge in [-0.2, -0.15) is 0 Å². The first-order valence-electron chi connectivity index (χ1n) is 14.7. The minimum absolute atomic E-state index is 0.00275. The average molecular weight is 633 g/mol. The van der Waals surface area contributed by atoms with Crippen LogP contribution in [0, 0.1) is 11.7 Å². The molecule has 6 rings (SSSR count). The van der Waals surface area contributed by atoms with E-state index in [2.05, 4.69) is 9.97 Å². The summed E-state index contributed by atoms with van der Waals surface area (Å²) in [6, 6.07) is 15.0. The Morgan fingerprint density at radius 3 is 2.47 bits per heavy atom. The molecular formula is C32H33FN6O5S. The van der Waals surface area contributed by atoms with E-state index in [0.717, 1.165) is 5.56 Å². The summed E-state index contributed by atoms with van der Waals surface area (Å²) in [6.07, 6.45) is 2.30. The van der Waals surface area contributed by atoms with E-state index in [-0.39, 0.29) is 60.4 Å². The van der Waals surface area contributed by atoms with E-state index >= 15 is 0 Å². The highest BCUT2D eigenvalue weighted by atomic mass is 32.1. The molecule has 2 aliphatic heterocycles. The number of aromatic nitrogens is 3. The third kappa shape index (κ3) is 6.59. The van der Waals surface area contributed by atoms with Gasteiger partial charge >= 0.3 is 0 Å². The first kappa shape index (κ1) is 30.4. The van der Waals surface area contributed by atoms with Gasteiger partial charge in [-0.05, 0) is 49.1 Å². The van der Waals surface area contributed by atoms with E-state index in [1.807, 2.05) is 30.3 Å². The van der Waals surface area contributed by atoms with Crippen LogP contribution in [0.25, 0.3) is 0 Å². The van der Waals surface area contributed by atoms with Gasteiger partial charge in [-0.15, -0.1) is 11.3 Å². The summed E-state index contributed by atoms with van der Waals surface area (Å²) in [6.45, 7) is 1.45. The van der Waals surface area contributed by atoms with E-state index in [1.165, 1.54) is 46.5 Å². The molecule has 0 saturated carbocycles. The SMILES string of the molecule is Nc1c(Oc2ccc(F)cc2)ncn(CC2(O)CCN(C(=O)[C@@H]3CCN(C(=O)c4cscn4)C[C@H]3c3ccccc3)CC2)c1=O. The predicted octanol–water partition coefficient (Wildman–Crippen LogP) is 3.51. The van der Waals surface area contributed by atoms with Crippen LogP contribution in [0.3, 0.4) is 0 Å². The number of anilines is 1. The standard InChI is InChI=1S/C32H33FN6O5S/c33-22-6-8-23(9-7-22)44-28-27(34)31(42)39(19-35-28)18-32(43)11-14-37(15-12-32)29(40)24-10-13-38(30(41)26-17-45-20-36-26)16-25(24)21-4-2-1-3-5-21/h1-9,17,19-20,24-25,43H,10-16,18,34H2/t24-,25+/m1/s1. The zero-order valence-corrected chi connectivity index (χ0v) is 25.2. The van der Waals surface area contributed by atoms with E-state index in [0.29, 0.717) is 38.3 Å². The fourth-order valence-electron chi connectivity index (χ4n) is 6.10. The van der Waals surface area contributed by atoms with E-state index in [9.17, 15) is 23.9 Å². The Morgan fingerprint density at radius 2 is 1.78 bits per heavy atom. The fourth-order valence-corrected chi connectivity index (χ4v) is 6.63. The number of nitrogens with zero attached hydrogens (tertiary/aromatic N) is 5. The van der Waals surface area contributed by atoms with Gasteiger partial charge in [0.05, 0.1) is 17.7 Å². The molecule has 0 unspecified atom stereocenters. The lowest BCUT2D eigenvalue weighted by atomic mass is 9.79. The molecule has 2 saturated heterocycles. The third-order valence-corrected chi connectivity index (χ3v) is 9.22. The Balaban J connectivity index is 1.11. The molecule has 2 fully saturated rings. The van der Waals surface area contributed by atoms with Crippen molar-refractivity contribution in [3.05, 3.63) is 99.2 Å². The monoisotopic (exact) mass is 632 g/mol. The summed E-state index contributed by atoms with van der Waals surface area (Å²) in [5, 5.41) is 13.2. The molecule has 2 atom stereocenters. The number of amides is 2. The van der Waals surface area contributed by atoms with Crippen molar-refractivity contribution in [2.24, 2.45) is 5.92 Å². The fraction of sp³-hybridized carbons (Fsp3) is 0.344. The van der Waals surface area contributed by atoms with Crippen molar-refractivity contribution >= 4 is 28.8 Å². The minimum atomic E-state index is -1.25. The van der Waals surface area contributed by atoms with Crippen molar-refractivity contribution in [3.63, 3.8) is 0 Å². The van der Waals surface area contributed by atoms with Crippen molar-refractivity contribution < 1.29 is 23.8 Å². The summed E-state index contributed by atoms with van der Waals surface area (Å²) >= 11 is 1.37. The molecule has 2 aromatic carbocycles. The Morgan fingerprint density at radius 1 is 1.04 bits per heavy atom. The summed E-state index contributed by atoms with van der Waals surface area (Å²) in [7, 11) is 0. The van der Waals surface area contributed by atoms with E-state index < -0.39 is 17.0 Å². The van der Waals surface area contributed by atoms with Crippen LogP contribution in [-0.2, 0) is 11.3 Å². The number of thiazole rings is 1. The quantitative estimate of drug-likeness (QED) is 0.315. The van der Waals surface area contributed by atoms with Crippen LogP contribution >= 0.6 is 11.3 Å². The van der Waals surface area contributed by atoms with E-state index in [1.54, 1.807) is 20.7 Å². The molecule has 0 spiro atoms. The predicted molar refractivity (Wildman–Crippen MR) is 165 cm³/mol. The van der Waals surface area contributed by atoms with Gasteiger partial charge in [0.25, 0.3) is 11.5 Å². The number of nitrogen functional groups attached to an aromatic ring is 1. The molecule has 2 amide bonds. The number of likely N-dealkylation sites (tertiary alicyclic amines) is 2. The topological polar surface area (TPSA) is 144 Å². The summed E-state index contributed by atoms with van der Waals surface area (Å²) in [4.78, 5) is 51.9. The molecule has 0 aliphatic carbocycles. The molecule has 0 radical (unpaired) electrons. The summed E-state index contributed by atoms with van der Waals surface area (Å²) in [5.41, 5.74) is 7.01. The van der Waals surface area contributed by atoms with Crippen LogP contribution in [0.4, 0.5) is 10.1 Å². The van der Waals surface area contributed by atoms with Crippen molar-refractivity contribution in [2.45, 2.75) is 37.3 Å². The van der Waals surface area contributed by atoms with E-state index in [4.69, 9.17) is 10.5 Å². The smallest absolute Gasteiger partial charge is 0.280 e. The second-order valence-electron chi connectivity index (χ2n) is 11.5. The molecule has 3 N–H and O–H groups in total. The van der Waals surface area contributed by atoms with Crippen LogP contribution < -0.4 is 16.0 Å². The van der Waals surface area contributed by atoms with Gasteiger partial charge in [-0.1, -0.05) is 30.3 Å². The number of piperidine rings is 2. The van der Waals surface area contributed by atoms with Gasteiger partial charge in [0.1, 0.15) is 23.6 Å². The van der Waals surface area contributed by atoms with Crippen LogP contribution in [-0.4, -0.2) is 73.0 Å². The largest absolute Gasteiger partial charge is 0.437 e. The molecular weight excluding hydrogens is 599 g/mol. The van der Waals surface area contributed by atoms with Gasteiger partial charge < -0.3 is 25.4 Å². The van der Waals surface area contributed by atoms with Crippen molar-refractivity contribution in [1.82, 2.24) is 24.3 Å². The Bertz CT molecular complexity index is 1710. The van der Waals surface area contributed by atoms with Gasteiger partial charge in [0.15, 0.2) is 5.69 Å². The second kappa shape index (κ2) is 12.8. The van der Waals surface area contributed by atoms with Crippen molar-refractivity contribution in [1.29, 1.82) is 0 Å². The molecule has 11 nitrogen and oxygen atoms in total. The number of ether oxygens (including phenoxy) is 1. The number of carbonyl (C=O) groups excluding carboxylic acids is 2. The summed E-state index contributed by atoms with van der Waals surface area (Å²) < 4.78 is 20.0. The molecule has 4 heterocycles. The van der Waals surface area contributed by atoms with Crippen LogP contribution in [0.2, 0.25) is 0 Å². The highest BCUT2D eigenvalue weighted by Crippen LogP contribution is 2.36. The Kier molecular flexibility index (Phi) is 8.63. The second-order valence-corrected chi connectivity index (χ2v) is 12.3.